The van der Waals surface area contributed by atoms with Gasteiger partial charge in [0.15, 0.2) is 0 Å². The molecular formula is C10H15NO2. The van der Waals surface area contributed by atoms with Crippen LogP contribution in [0.3, 0.4) is 0 Å². The van der Waals surface area contributed by atoms with Crippen molar-refractivity contribution in [1.82, 2.24) is 0 Å². The predicted molar refractivity (Wildman–Crippen MR) is 51.4 cm³/mol. The van der Waals surface area contributed by atoms with Crippen LogP contribution in [-0.2, 0) is 4.79 Å². The van der Waals surface area contributed by atoms with Crippen LogP contribution in [0.4, 0.5) is 0 Å². The molecule has 0 aromatic carbocycles. The lowest BCUT2D eigenvalue weighted by molar-refractivity contribution is -0.121. The van der Waals surface area contributed by atoms with Crippen LogP contribution in [0.5, 0.6) is 0 Å². The van der Waals surface area contributed by atoms with Gasteiger partial charge >= 0.3 is 0 Å². The maximum absolute atomic E-state index is 11.0. The first kappa shape index (κ1) is 10.1. The molecule has 0 heterocycles. The Balaban J connectivity index is 2.46. The number of hydrogen-bond donors (Lipinski definition) is 0. The normalized spacial score (nSPS) is 22.1. The minimum atomic E-state index is 0.110. The summed E-state index contributed by atoms with van der Waals surface area (Å²) >= 11 is 0. The van der Waals surface area contributed by atoms with E-state index in [1.807, 2.05) is 6.08 Å². The molecule has 0 N–H and O–H groups in total. The fourth-order valence-corrected chi connectivity index (χ4v) is 1.65. The highest BCUT2D eigenvalue weighted by molar-refractivity contribution is 5.79. The number of carbonyl (C=O) groups is 1. The van der Waals surface area contributed by atoms with Crippen molar-refractivity contribution < 1.29 is 4.79 Å². The summed E-state index contributed by atoms with van der Waals surface area (Å²) in [5, 5.41) is 2.76. The Hall–Kier alpha value is -0.990. The summed E-state index contributed by atoms with van der Waals surface area (Å²) in [7, 11) is 0. The topological polar surface area (TPSA) is 46.5 Å². The van der Waals surface area contributed by atoms with Gasteiger partial charge < -0.3 is 0 Å². The zero-order valence-corrected chi connectivity index (χ0v) is 7.95. The minimum absolute atomic E-state index is 0.110. The zero-order chi connectivity index (χ0) is 9.73. The Morgan fingerprint density at radius 3 is 2.62 bits per heavy atom. The second kappa shape index (κ2) is 4.30. The number of carbonyl (C=O) groups excluding carboxylic acids is 1. The van der Waals surface area contributed by atoms with Gasteiger partial charge in [0, 0.05) is 12.8 Å². The van der Waals surface area contributed by atoms with Crippen LogP contribution in [0, 0.1) is 10.3 Å². The standard InChI is InChI=1S/C10H15NO2/c1-10(5-2-8-11-13)6-3-9(12)4-7-10/h2,5H,3-4,6-8H2,1H3/b5-2+. The van der Waals surface area contributed by atoms with Crippen molar-refractivity contribution in [2.45, 2.75) is 32.6 Å². The van der Waals surface area contributed by atoms with E-state index >= 15 is 0 Å². The third kappa shape index (κ3) is 3.09. The van der Waals surface area contributed by atoms with Gasteiger partial charge in [-0.1, -0.05) is 24.3 Å². The molecule has 3 nitrogen and oxygen atoms in total. The lowest BCUT2D eigenvalue weighted by Crippen LogP contribution is -2.22. The lowest BCUT2D eigenvalue weighted by Gasteiger charge is -2.29. The van der Waals surface area contributed by atoms with E-state index in [0.717, 1.165) is 12.8 Å². The molecule has 13 heavy (non-hydrogen) atoms. The van der Waals surface area contributed by atoms with E-state index in [1.54, 1.807) is 6.08 Å². The molecule has 0 amide bonds. The highest BCUT2D eigenvalue weighted by Gasteiger charge is 2.27. The monoisotopic (exact) mass is 181 g/mol. The van der Waals surface area contributed by atoms with Crippen molar-refractivity contribution in [3.8, 4) is 0 Å². The number of allylic oxidation sites excluding steroid dienone is 1. The summed E-state index contributed by atoms with van der Waals surface area (Å²) in [5.74, 6) is 0.361. The van der Waals surface area contributed by atoms with E-state index in [-0.39, 0.29) is 12.0 Å². The van der Waals surface area contributed by atoms with Crippen molar-refractivity contribution in [3.63, 3.8) is 0 Å². The predicted octanol–water partition coefficient (Wildman–Crippen LogP) is 2.46. The van der Waals surface area contributed by atoms with Crippen LogP contribution in [0.2, 0.25) is 0 Å². The smallest absolute Gasteiger partial charge is 0.132 e. The summed E-state index contributed by atoms with van der Waals surface area (Å²) in [6.45, 7) is 2.37. The second-order valence-corrected chi connectivity index (χ2v) is 3.91. The van der Waals surface area contributed by atoms with Crippen molar-refractivity contribution in [3.05, 3.63) is 17.1 Å². The Labute approximate surface area is 78.2 Å². The molecule has 0 saturated heterocycles. The molecule has 0 bridgehead atoms. The highest BCUT2D eigenvalue weighted by atomic mass is 16.3. The van der Waals surface area contributed by atoms with E-state index in [9.17, 15) is 9.70 Å². The SMILES string of the molecule is CC1(/C=C/CN=O)CCC(=O)CC1. The van der Waals surface area contributed by atoms with Gasteiger partial charge in [0.2, 0.25) is 0 Å². The molecule has 1 aliphatic rings. The van der Waals surface area contributed by atoms with Gasteiger partial charge in [-0.3, -0.25) is 4.79 Å². The van der Waals surface area contributed by atoms with E-state index in [1.165, 1.54) is 0 Å². The van der Waals surface area contributed by atoms with Crippen LogP contribution in [0.25, 0.3) is 0 Å². The first-order valence-electron chi connectivity index (χ1n) is 4.65. The number of hydrogen-bond acceptors (Lipinski definition) is 3. The molecule has 0 aliphatic heterocycles. The van der Waals surface area contributed by atoms with E-state index < -0.39 is 0 Å². The maximum atomic E-state index is 11.0. The van der Waals surface area contributed by atoms with Crippen LogP contribution >= 0.6 is 0 Å². The quantitative estimate of drug-likeness (QED) is 0.496. The number of ketones is 1. The van der Waals surface area contributed by atoms with Crippen LogP contribution < -0.4 is 0 Å². The molecular weight excluding hydrogens is 166 g/mol. The van der Waals surface area contributed by atoms with Crippen molar-refractivity contribution in [1.29, 1.82) is 0 Å². The summed E-state index contributed by atoms with van der Waals surface area (Å²) in [4.78, 5) is 20.8. The molecule has 1 saturated carbocycles. The van der Waals surface area contributed by atoms with Gasteiger partial charge in [-0.25, -0.2) is 0 Å². The Morgan fingerprint density at radius 2 is 2.08 bits per heavy atom. The molecule has 1 fully saturated rings. The Bertz CT molecular complexity index is 223. The van der Waals surface area contributed by atoms with Gasteiger partial charge in [-0.05, 0) is 18.3 Å². The summed E-state index contributed by atoms with van der Waals surface area (Å²) in [5.41, 5.74) is 0.110. The highest BCUT2D eigenvalue weighted by Crippen LogP contribution is 2.35. The number of rotatable bonds is 3. The van der Waals surface area contributed by atoms with Crippen molar-refractivity contribution in [2.24, 2.45) is 10.6 Å². The molecule has 1 aliphatic carbocycles. The number of Topliss-reactive ketones (excluding diaryl/α,β-unsaturated/α-hetero) is 1. The molecule has 0 radical (unpaired) electrons. The summed E-state index contributed by atoms with van der Waals surface area (Å²) < 4.78 is 0. The van der Waals surface area contributed by atoms with Gasteiger partial charge in [-0.15, -0.1) is 0 Å². The number of nitrogens with zero attached hydrogens (tertiary/aromatic N) is 1. The molecule has 0 aromatic heterocycles. The van der Waals surface area contributed by atoms with E-state index in [2.05, 4.69) is 12.1 Å². The zero-order valence-electron chi connectivity index (χ0n) is 7.95. The van der Waals surface area contributed by atoms with Crippen LogP contribution in [0.15, 0.2) is 17.3 Å². The molecule has 72 valence electrons. The van der Waals surface area contributed by atoms with E-state index in [4.69, 9.17) is 0 Å². The Kier molecular flexibility index (Phi) is 3.34. The molecule has 0 aromatic rings. The minimum Gasteiger partial charge on any atom is -0.300 e. The molecule has 0 spiro atoms. The fraction of sp³-hybridized carbons (Fsp3) is 0.700. The largest absolute Gasteiger partial charge is 0.300 e. The van der Waals surface area contributed by atoms with Gasteiger partial charge in [0.1, 0.15) is 5.78 Å². The summed E-state index contributed by atoms with van der Waals surface area (Å²) in [6.07, 6.45) is 6.98. The molecule has 3 heteroatoms. The van der Waals surface area contributed by atoms with Crippen molar-refractivity contribution in [2.75, 3.05) is 6.54 Å². The molecule has 0 unspecified atom stereocenters. The number of nitroso groups, excluding NO2 is 1. The average Bonchev–Trinajstić information content (AvgIpc) is 2.12. The van der Waals surface area contributed by atoms with Gasteiger partial charge in [0.25, 0.3) is 0 Å². The van der Waals surface area contributed by atoms with E-state index in [0.29, 0.717) is 18.6 Å². The third-order valence-corrected chi connectivity index (χ3v) is 2.65. The Morgan fingerprint density at radius 1 is 1.46 bits per heavy atom. The maximum Gasteiger partial charge on any atom is 0.132 e. The molecule has 1 rings (SSSR count). The first-order chi connectivity index (χ1) is 6.16. The lowest BCUT2D eigenvalue weighted by atomic mass is 9.75. The molecule has 0 atom stereocenters. The van der Waals surface area contributed by atoms with Gasteiger partial charge in [0.05, 0.1) is 6.54 Å². The van der Waals surface area contributed by atoms with Gasteiger partial charge in [-0.2, -0.15) is 4.91 Å². The van der Waals surface area contributed by atoms with Crippen LogP contribution in [0.1, 0.15) is 32.6 Å². The first-order valence-corrected chi connectivity index (χ1v) is 4.65. The average molecular weight is 181 g/mol. The van der Waals surface area contributed by atoms with Crippen LogP contribution in [-0.4, -0.2) is 12.3 Å². The second-order valence-electron chi connectivity index (χ2n) is 3.91. The third-order valence-electron chi connectivity index (χ3n) is 2.65. The fourth-order valence-electron chi connectivity index (χ4n) is 1.65. The summed E-state index contributed by atoms with van der Waals surface area (Å²) in [6, 6.07) is 0. The van der Waals surface area contributed by atoms with Crippen molar-refractivity contribution >= 4 is 5.78 Å².